The zero-order valence-electron chi connectivity index (χ0n) is 34.9. The van der Waals surface area contributed by atoms with E-state index in [4.69, 9.17) is 19.9 Å². The molecular weight excluding hydrogens is 791 g/mol. The fraction of sp³-hybridized carbons (Fsp3) is 0.0333. The first-order chi connectivity index (χ1) is 32.2. The van der Waals surface area contributed by atoms with Crippen LogP contribution in [0.3, 0.4) is 0 Å². The summed E-state index contributed by atoms with van der Waals surface area (Å²) in [4.78, 5) is 21.5. The molecule has 0 fully saturated rings. The van der Waals surface area contributed by atoms with Gasteiger partial charge in [0.2, 0.25) is 0 Å². The minimum atomic E-state index is -0.646. The maximum Gasteiger partial charge on any atom is 0.164 e. The lowest BCUT2D eigenvalue weighted by molar-refractivity contribution is 0.738. The number of para-hydroxylation sites is 3. The van der Waals surface area contributed by atoms with Crippen LogP contribution in [0, 0.1) is 0 Å². The number of rotatable bonds is 3. The Labute approximate surface area is 375 Å². The maximum absolute atomic E-state index is 5.47. The van der Waals surface area contributed by atoms with Crippen molar-refractivity contribution in [2.24, 2.45) is 0 Å². The van der Waals surface area contributed by atoms with Crippen LogP contribution in [-0.4, -0.2) is 24.5 Å². The lowest BCUT2D eigenvalue weighted by atomic mass is 9.70. The van der Waals surface area contributed by atoms with Crippen molar-refractivity contribution >= 4 is 11.0 Å². The van der Waals surface area contributed by atoms with Crippen LogP contribution < -0.4 is 0 Å². The van der Waals surface area contributed by atoms with E-state index >= 15 is 0 Å². The second kappa shape index (κ2) is 12.6. The van der Waals surface area contributed by atoms with Crippen molar-refractivity contribution in [1.82, 2.24) is 24.5 Å². The van der Waals surface area contributed by atoms with Crippen molar-refractivity contribution < 1.29 is 0 Å². The molecule has 11 aromatic rings. The number of benzene rings is 9. The van der Waals surface area contributed by atoms with Crippen molar-refractivity contribution in [3.63, 3.8) is 0 Å². The zero-order valence-corrected chi connectivity index (χ0v) is 34.9. The molecule has 1 unspecified atom stereocenters. The highest BCUT2D eigenvalue weighted by atomic mass is 15.1. The van der Waals surface area contributed by atoms with E-state index in [9.17, 15) is 0 Å². The summed E-state index contributed by atoms with van der Waals surface area (Å²) in [7, 11) is 0. The molecule has 1 aliphatic heterocycles. The summed E-state index contributed by atoms with van der Waals surface area (Å²) < 4.78 is 2.37. The summed E-state index contributed by atoms with van der Waals surface area (Å²) in [6, 6.07) is 76.9. The minimum Gasteiger partial charge on any atom is -0.295 e. The smallest absolute Gasteiger partial charge is 0.164 e. The Morgan fingerprint density at radius 2 is 0.708 bits per heavy atom. The Hall–Kier alpha value is -8.54. The fourth-order valence-corrected chi connectivity index (χ4v) is 12.2. The van der Waals surface area contributed by atoms with E-state index in [1.165, 1.54) is 72.3 Å². The van der Waals surface area contributed by atoms with E-state index in [1.54, 1.807) is 0 Å². The van der Waals surface area contributed by atoms with Crippen LogP contribution in [-0.2, 0) is 10.8 Å². The molecular formula is C60H35N5. The van der Waals surface area contributed by atoms with Crippen LogP contribution in [0.15, 0.2) is 212 Å². The van der Waals surface area contributed by atoms with Gasteiger partial charge in [0.1, 0.15) is 11.2 Å². The number of imidazole rings is 1. The molecule has 5 nitrogen and oxygen atoms in total. The third kappa shape index (κ3) is 4.32. The molecule has 0 saturated heterocycles. The van der Waals surface area contributed by atoms with Gasteiger partial charge in [-0.05, 0) is 103 Å². The monoisotopic (exact) mass is 825 g/mol. The van der Waals surface area contributed by atoms with E-state index in [2.05, 4.69) is 199 Å². The zero-order chi connectivity index (χ0) is 42.4. The van der Waals surface area contributed by atoms with Crippen LogP contribution >= 0.6 is 0 Å². The highest BCUT2D eigenvalue weighted by molar-refractivity contribution is 5.96. The first-order valence-corrected chi connectivity index (χ1v) is 22.3. The number of fused-ring (bicyclic) bond motifs is 22. The van der Waals surface area contributed by atoms with Gasteiger partial charge in [0.05, 0.1) is 22.1 Å². The topological polar surface area (TPSA) is 56.5 Å². The summed E-state index contributed by atoms with van der Waals surface area (Å²) in [6.45, 7) is 0. The summed E-state index contributed by atoms with van der Waals surface area (Å²) in [5.41, 5.74) is 21.2. The minimum absolute atomic E-state index is 0.482. The average Bonchev–Trinajstić information content (AvgIpc) is 4.15. The van der Waals surface area contributed by atoms with Gasteiger partial charge >= 0.3 is 0 Å². The van der Waals surface area contributed by atoms with Crippen molar-refractivity contribution in [3.05, 3.63) is 257 Å². The Kier molecular flexibility index (Phi) is 6.76. The van der Waals surface area contributed by atoms with Crippen molar-refractivity contribution in [2.45, 2.75) is 10.8 Å². The Bertz CT molecular complexity index is 3800. The highest BCUT2D eigenvalue weighted by Gasteiger charge is 2.55. The SMILES string of the molecule is c1ccc(-c2nc(-c3ccc4c(c3)C3(c5ccccc5-c5ccccc53)c3ccccc3-4)nc(-c3ccc4c(c3)C3(c5ccccc5-4)c4ccccc4-n4c3nc3ccccc34)n2)cc1. The molecule has 65 heavy (non-hydrogen) atoms. The molecule has 0 N–H and O–H groups in total. The Morgan fingerprint density at radius 1 is 0.292 bits per heavy atom. The number of hydrogen-bond acceptors (Lipinski definition) is 4. The fourth-order valence-electron chi connectivity index (χ4n) is 12.2. The third-order valence-electron chi connectivity index (χ3n) is 14.7. The third-order valence-corrected chi connectivity index (χ3v) is 14.7. The van der Waals surface area contributed by atoms with Gasteiger partial charge in [-0.15, -0.1) is 0 Å². The summed E-state index contributed by atoms with van der Waals surface area (Å²) in [5.74, 6) is 2.89. The van der Waals surface area contributed by atoms with Gasteiger partial charge in [-0.25, -0.2) is 19.9 Å². The molecule has 4 aliphatic rings. The van der Waals surface area contributed by atoms with Gasteiger partial charge in [0.25, 0.3) is 0 Å². The number of aromatic nitrogens is 5. The lowest BCUT2D eigenvalue weighted by Crippen LogP contribution is -2.27. The Balaban J connectivity index is 0.968. The van der Waals surface area contributed by atoms with E-state index in [1.807, 2.05) is 18.2 Å². The molecule has 9 aromatic carbocycles. The second-order valence-corrected chi connectivity index (χ2v) is 17.7. The van der Waals surface area contributed by atoms with E-state index in [0.29, 0.717) is 17.5 Å². The molecule has 300 valence electrons. The van der Waals surface area contributed by atoms with Crippen LogP contribution in [0.4, 0.5) is 0 Å². The van der Waals surface area contributed by atoms with E-state index in [-0.39, 0.29) is 0 Å². The number of hydrogen-bond donors (Lipinski definition) is 0. The highest BCUT2D eigenvalue weighted by Crippen LogP contribution is 2.64. The average molecular weight is 826 g/mol. The summed E-state index contributed by atoms with van der Waals surface area (Å²) in [5, 5.41) is 0. The molecule has 5 heteroatoms. The van der Waals surface area contributed by atoms with Gasteiger partial charge in [0.15, 0.2) is 17.5 Å². The van der Waals surface area contributed by atoms with Crippen molar-refractivity contribution in [2.75, 3.05) is 0 Å². The van der Waals surface area contributed by atoms with Gasteiger partial charge in [-0.3, -0.25) is 4.57 Å². The Morgan fingerprint density at radius 3 is 1.28 bits per heavy atom. The van der Waals surface area contributed by atoms with Gasteiger partial charge in [-0.1, -0.05) is 182 Å². The van der Waals surface area contributed by atoms with Gasteiger partial charge in [-0.2, -0.15) is 0 Å². The maximum atomic E-state index is 5.47. The molecule has 0 saturated carbocycles. The van der Waals surface area contributed by atoms with Crippen LogP contribution in [0.5, 0.6) is 0 Å². The predicted molar refractivity (Wildman–Crippen MR) is 258 cm³/mol. The molecule has 1 atom stereocenters. The van der Waals surface area contributed by atoms with E-state index < -0.39 is 10.8 Å². The molecule has 0 bridgehead atoms. The quantitative estimate of drug-likeness (QED) is 0.178. The van der Waals surface area contributed by atoms with Crippen molar-refractivity contribution in [3.8, 4) is 73.2 Å². The molecule has 2 spiro atoms. The molecule has 0 amide bonds. The molecule has 15 rings (SSSR count). The number of nitrogens with zero attached hydrogens (tertiary/aromatic N) is 5. The van der Waals surface area contributed by atoms with Crippen molar-refractivity contribution in [1.29, 1.82) is 0 Å². The molecule has 3 heterocycles. The van der Waals surface area contributed by atoms with Crippen LogP contribution in [0.25, 0.3) is 84.3 Å². The van der Waals surface area contributed by atoms with Gasteiger partial charge in [0, 0.05) is 16.7 Å². The summed E-state index contributed by atoms with van der Waals surface area (Å²) >= 11 is 0. The van der Waals surface area contributed by atoms with Gasteiger partial charge < -0.3 is 0 Å². The normalized spacial score (nSPS) is 15.9. The van der Waals surface area contributed by atoms with Crippen LogP contribution in [0.2, 0.25) is 0 Å². The van der Waals surface area contributed by atoms with Crippen LogP contribution in [0.1, 0.15) is 44.8 Å². The second-order valence-electron chi connectivity index (χ2n) is 17.7. The molecule has 0 radical (unpaired) electrons. The first kappa shape index (κ1) is 35.0. The standard InChI is InChI=1S/C60H35N5/c1-2-16-36(17-3-1)55-62-56(37-30-32-43-41-20-6-10-24-47(41)59(50(43)34-37)45-22-8-4-18-39(45)40-19-5-9-23-46(40)59)64-57(63-55)38-31-33-44-42-21-7-11-25-48(42)60(51(44)35-38)49-26-12-14-28-53(49)65-54-29-15-13-27-52(54)61-58(60)65/h1-35H. The van der Waals surface area contributed by atoms with E-state index in [0.717, 1.165) is 39.2 Å². The molecule has 3 aliphatic carbocycles. The predicted octanol–water partition coefficient (Wildman–Crippen LogP) is 13.2. The first-order valence-electron chi connectivity index (χ1n) is 22.3. The molecule has 2 aromatic heterocycles. The largest absolute Gasteiger partial charge is 0.295 e. The lowest BCUT2D eigenvalue weighted by Gasteiger charge is -2.30. The summed E-state index contributed by atoms with van der Waals surface area (Å²) in [6.07, 6.45) is 0.